The maximum atomic E-state index is 13.9. The average molecular weight is 500 g/mol. The Labute approximate surface area is 218 Å². The summed E-state index contributed by atoms with van der Waals surface area (Å²) < 4.78 is 17.1. The molecule has 3 aromatic rings. The van der Waals surface area contributed by atoms with Gasteiger partial charge in [0.25, 0.3) is 0 Å². The maximum Gasteiger partial charge on any atom is 0.339 e. The number of likely N-dealkylation sites (tertiary alicyclic amines) is 1. The third-order valence-electron chi connectivity index (χ3n) is 7.62. The Kier molecular flexibility index (Phi) is 7.28. The van der Waals surface area contributed by atoms with Crippen molar-refractivity contribution in [2.45, 2.75) is 37.8 Å². The highest BCUT2D eigenvalue weighted by molar-refractivity contribution is 6.09. The zero-order chi connectivity index (χ0) is 25.8. The minimum atomic E-state index is -1.24. The Morgan fingerprint density at radius 1 is 0.919 bits per heavy atom. The molecule has 1 aliphatic carbocycles. The number of carbonyl (C=O) groups is 2. The second kappa shape index (κ2) is 10.8. The van der Waals surface area contributed by atoms with Gasteiger partial charge in [0.1, 0.15) is 0 Å². The number of hydrogen-bond acceptors (Lipinski definition) is 6. The molecular weight excluding hydrogens is 466 g/mol. The largest absolute Gasteiger partial charge is 0.493 e. The van der Waals surface area contributed by atoms with Gasteiger partial charge in [-0.1, -0.05) is 48.5 Å². The fourth-order valence-corrected chi connectivity index (χ4v) is 5.67. The summed E-state index contributed by atoms with van der Waals surface area (Å²) in [5.74, 6) is 0.710. The predicted molar refractivity (Wildman–Crippen MR) is 141 cm³/mol. The van der Waals surface area contributed by atoms with Crippen LogP contribution >= 0.6 is 0 Å². The van der Waals surface area contributed by atoms with Gasteiger partial charge in [-0.05, 0) is 73.7 Å². The first kappa shape index (κ1) is 25.0. The van der Waals surface area contributed by atoms with E-state index >= 15 is 0 Å². The van der Waals surface area contributed by atoms with Crippen LogP contribution < -0.4 is 9.47 Å². The Morgan fingerprint density at radius 2 is 1.54 bits per heavy atom. The van der Waals surface area contributed by atoms with Gasteiger partial charge in [-0.3, -0.25) is 9.69 Å². The van der Waals surface area contributed by atoms with E-state index in [4.69, 9.17) is 14.2 Å². The number of esters is 1. The van der Waals surface area contributed by atoms with Crippen molar-refractivity contribution in [1.82, 2.24) is 4.90 Å². The number of ether oxygens (including phenoxy) is 3. The van der Waals surface area contributed by atoms with Gasteiger partial charge in [-0.2, -0.15) is 0 Å². The Bertz CT molecular complexity index is 1250. The highest BCUT2D eigenvalue weighted by Gasteiger charge is 2.51. The van der Waals surface area contributed by atoms with E-state index in [9.17, 15) is 9.59 Å². The number of nitrogens with zero attached hydrogens (tertiary/aromatic N) is 1. The average Bonchev–Trinajstić information content (AvgIpc) is 3.19. The van der Waals surface area contributed by atoms with Gasteiger partial charge in [0, 0.05) is 18.5 Å². The summed E-state index contributed by atoms with van der Waals surface area (Å²) in [7, 11) is 3.13. The summed E-state index contributed by atoms with van der Waals surface area (Å²) in [6, 6.07) is 22.9. The molecule has 1 aliphatic heterocycles. The van der Waals surface area contributed by atoms with Crippen LogP contribution in [0.4, 0.5) is 0 Å². The molecule has 0 saturated carbocycles. The maximum absolute atomic E-state index is 13.9. The molecule has 0 N–H and O–H groups in total. The van der Waals surface area contributed by atoms with Crippen molar-refractivity contribution >= 4 is 11.8 Å². The molecule has 0 bridgehead atoms. The van der Waals surface area contributed by atoms with E-state index in [2.05, 4.69) is 29.2 Å². The van der Waals surface area contributed by atoms with Gasteiger partial charge in [0.05, 0.1) is 19.8 Å². The van der Waals surface area contributed by atoms with Gasteiger partial charge in [0.2, 0.25) is 5.78 Å². The summed E-state index contributed by atoms with van der Waals surface area (Å²) in [5, 5.41) is 0. The van der Waals surface area contributed by atoms with E-state index < -0.39 is 11.6 Å². The van der Waals surface area contributed by atoms with Crippen molar-refractivity contribution in [2.24, 2.45) is 5.92 Å². The number of rotatable bonds is 8. The number of Topliss-reactive ketones (excluding diaryl/α,β-unsaturated/α-hetero) is 1. The van der Waals surface area contributed by atoms with E-state index in [-0.39, 0.29) is 11.7 Å². The lowest BCUT2D eigenvalue weighted by molar-refractivity contribution is -0.0196. The molecule has 1 heterocycles. The Hall–Kier alpha value is -3.64. The van der Waals surface area contributed by atoms with Gasteiger partial charge < -0.3 is 14.2 Å². The first-order chi connectivity index (χ1) is 18.0. The molecule has 0 aromatic heterocycles. The number of carbonyl (C=O) groups excluding carboxylic acids is 2. The number of fused-ring (bicyclic) bond motifs is 1. The molecule has 5 rings (SSSR count). The van der Waals surface area contributed by atoms with Crippen LogP contribution in [0.5, 0.6) is 11.5 Å². The van der Waals surface area contributed by atoms with Crippen LogP contribution in [0.3, 0.4) is 0 Å². The van der Waals surface area contributed by atoms with Crippen LogP contribution in [0.15, 0.2) is 72.8 Å². The topological polar surface area (TPSA) is 65.1 Å². The molecule has 6 nitrogen and oxygen atoms in total. The molecule has 2 aliphatic rings. The monoisotopic (exact) mass is 499 g/mol. The molecule has 192 valence electrons. The lowest BCUT2D eigenvalue weighted by Crippen LogP contribution is -2.45. The number of piperidine rings is 1. The first-order valence-electron chi connectivity index (χ1n) is 12.9. The summed E-state index contributed by atoms with van der Waals surface area (Å²) >= 11 is 0. The number of benzene rings is 3. The smallest absolute Gasteiger partial charge is 0.339 e. The SMILES string of the molecule is COc1cc2c(cc1OC)C(=O)C(CC1CCN(Cc3ccccc3)CC1)(OC(=O)c1ccccc1)C2. The van der Waals surface area contributed by atoms with Crippen molar-refractivity contribution in [3.63, 3.8) is 0 Å². The van der Waals surface area contributed by atoms with Crippen molar-refractivity contribution < 1.29 is 23.8 Å². The molecule has 0 amide bonds. The number of hydrogen-bond donors (Lipinski definition) is 0. The summed E-state index contributed by atoms with van der Waals surface area (Å²) in [6.45, 7) is 2.82. The normalized spacial score (nSPS) is 19.9. The fraction of sp³-hybridized carbons (Fsp3) is 0.355. The number of ketones is 1. The van der Waals surface area contributed by atoms with E-state index in [1.165, 1.54) is 5.56 Å². The van der Waals surface area contributed by atoms with Crippen LogP contribution in [0, 0.1) is 5.92 Å². The molecule has 1 atom stereocenters. The van der Waals surface area contributed by atoms with Gasteiger partial charge in [-0.15, -0.1) is 0 Å². The summed E-state index contributed by atoms with van der Waals surface area (Å²) in [6.07, 6.45) is 2.74. The third-order valence-corrected chi connectivity index (χ3v) is 7.62. The fourth-order valence-electron chi connectivity index (χ4n) is 5.67. The lowest BCUT2D eigenvalue weighted by atomic mass is 9.82. The minimum Gasteiger partial charge on any atom is -0.493 e. The molecule has 1 unspecified atom stereocenters. The van der Waals surface area contributed by atoms with Crippen LogP contribution in [-0.2, 0) is 17.7 Å². The Balaban J connectivity index is 1.37. The lowest BCUT2D eigenvalue weighted by Gasteiger charge is -2.36. The molecule has 6 heteroatoms. The van der Waals surface area contributed by atoms with E-state index in [1.807, 2.05) is 18.2 Å². The summed E-state index contributed by atoms with van der Waals surface area (Å²) in [5.41, 5.74) is 1.88. The minimum absolute atomic E-state index is 0.153. The molecule has 0 spiro atoms. The van der Waals surface area contributed by atoms with E-state index in [0.29, 0.717) is 35.5 Å². The quantitative estimate of drug-likeness (QED) is 0.390. The molecule has 1 saturated heterocycles. The molecular formula is C31H33NO5. The third kappa shape index (κ3) is 5.25. The van der Waals surface area contributed by atoms with Crippen molar-refractivity contribution in [3.8, 4) is 11.5 Å². The van der Waals surface area contributed by atoms with Gasteiger partial charge in [0.15, 0.2) is 17.1 Å². The Morgan fingerprint density at radius 3 is 2.19 bits per heavy atom. The predicted octanol–water partition coefficient (Wildman–Crippen LogP) is 5.34. The number of methoxy groups -OCH3 is 2. The van der Waals surface area contributed by atoms with E-state index in [0.717, 1.165) is 38.0 Å². The van der Waals surface area contributed by atoms with Gasteiger partial charge >= 0.3 is 5.97 Å². The van der Waals surface area contributed by atoms with E-state index in [1.54, 1.807) is 44.6 Å². The van der Waals surface area contributed by atoms with Crippen LogP contribution in [-0.4, -0.2) is 49.6 Å². The highest BCUT2D eigenvalue weighted by Crippen LogP contribution is 2.44. The standard InChI is InChI=1S/C31H33NO5/c1-35-27-17-25-20-31(29(33)26(25)18-28(27)36-2,37-30(34)24-11-7-4-8-12-24)19-22-13-15-32(16-14-22)21-23-9-5-3-6-10-23/h3-12,17-18,22H,13-16,19-21H2,1-2H3. The zero-order valence-electron chi connectivity index (χ0n) is 21.4. The second-order valence-corrected chi connectivity index (χ2v) is 10.0. The van der Waals surface area contributed by atoms with Crippen molar-refractivity contribution in [3.05, 3.63) is 95.1 Å². The molecule has 1 fully saturated rings. The van der Waals surface area contributed by atoms with Crippen molar-refractivity contribution in [1.29, 1.82) is 0 Å². The van der Waals surface area contributed by atoms with Gasteiger partial charge in [-0.25, -0.2) is 4.79 Å². The molecule has 37 heavy (non-hydrogen) atoms. The summed E-state index contributed by atoms with van der Waals surface area (Å²) in [4.78, 5) is 29.6. The zero-order valence-corrected chi connectivity index (χ0v) is 21.4. The molecule has 0 radical (unpaired) electrons. The highest BCUT2D eigenvalue weighted by atomic mass is 16.6. The first-order valence-corrected chi connectivity index (χ1v) is 12.9. The molecule has 3 aromatic carbocycles. The van der Waals surface area contributed by atoms with Crippen LogP contribution in [0.1, 0.15) is 51.1 Å². The second-order valence-electron chi connectivity index (χ2n) is 10.0. The van der Waals surface area contributed by atoms with Crippen LogP contribution in [0.25, 0.3) is 0 Å². The van der Waals surface area contributed by atoms with Crippen molar-refractivity contribution in [2.75, 3.05) is 27.3 Å². The van der Waals surface area contributed by atoms with Crippen LogP contribution in [0.2, 0.25) is 0 Å².